The summed E-state index contributed by atoms with van der Waals surface area (Å²) in [4.78, 5) is 3.98. The summed E-state index contributed by atoms with van der Waals surface area (Å²) in [6.45, 7) is 1.96. The fourth-order valence-electron chi connectivity index (χ4n) is 1.05. The Hall–Kier alpha value is -1.02. The second-order valence-electron chi connectivity index (χ2n) is 2.39. The molecule has 0 unspecified atom stereocenters. The number of fused-ring (bicyclic) bond motifs is 1. The Bertz CT molecular complexity index is 358. The molecule has 2 nitrogen and oxygen atoms in total. The van der Waals surface area contributed by atoms with Gasteiger partial charge >= 0.3 is 0 Å². The van der Waals surface area contributed by atoms with Crippen molar-refractivity contribution in [2.75, 3.05) is 0 Å². The third-order valence-electron chi connectivity index (χ3n) is 1.63. The van der Waals surface area contributed by atoms with Crippen molar-refractivity contribution in [3.63, 3.8) is 0 Å². The monoisotopic (exact) mass is 167 g/mol. The fourth-order valence-corrected chi connectivity index (χ4v) is 1.25. The molecular formula is C8H6ClNO. The van der Waals surface area contributed by atoms with E-state index in [0.717, 1.165) is 16.7 Å². The van der Waals surface area contributed by atoms with Gasteiger partial charge < -0.3 is 4.42 Å². The zero-order chi connectivity index (χ0) is 7.84. The molecule has 0 saturated carbocycles. The maximum absolute atomic E-state index is 5.85. The third kappa shape index (κ3) is 0.906. The molecule has 1 aromatic carbocycles. The summed E-state index contributed by atoms with van der Waals surface area (Å²) in [5.41, 5.74) is 2.58. The lowest BCUT2D eigenvalue weighted by Crippen LogP contribution is -1.74. The van der Waals surface area contributed by atoms with Gasteiger partial charge in [-0.2, -0.15) is 0 Å². The van der Waals surface area contributed by atoms with Crippen LogP contribution in [0.5, 0.6) is 0 Å². The van der Waals surface area contributed by atoms with E-state index < -0.39 is 0 Å². The second kappa shape index (κ2) is 2.24. The topological polar surface area (TPSA) is 26.0 Å². The van der Waals surface area contributed by atoms with Crippen LogP contribution >= 0.6 is 11.6 Å². The van der Waals surface area contributed by atoms with Crippen LogP contribution in [-0.2, 0) is 0 Å². The van der Waals surface area contributed by atoms with Crippen LogP contribution in [0.3, 0.4) is 0 Å². The number of oxazole rings is 1. The van der Waals surface area contributed by atoms with Crippen LogP contribution in [0.25, 0.3) is 11.1 Å². The summed E-state index contributed by atoms with van der Waals surface area (Å²) in [6.07, 6.45) is 1.41. The Morgan fingerprint density at radius 1 is 1.45 bits per heavy atom. The standard InChI is InChI=1S/C8H6ClNO/c1-5-2-3-6(9)7-8(5)11-4-10-7/h2-4H,1H3. The number of hydrogen-bond donors (Lipinski definition) is 0. The van der Waals surface area contributed by atoms with E-state index in [1.165, 1.54) is 6.39 Å². The summed E-state index contributed by atoms with van der Waals surface area (Å²) < 4.78 is 5.13. The van der Waals surface area contributed by atoms with Gasteiger partial charge in [-0.05, 0) is 18.6 Å². The van der Waals surface area contributed by atoms with E-state index in [9.17, 15) is 0 Å². The summed E-state index contributed by atoms with van der Waals surface area (Å²) in [5.74, 6) is 0. The maximum atomic E-state index is 5.85. The minimum absolute atomic E-state index is 0.638. The van der Waals surface area contributed by atoms with Crippen molar-refractivity contribution in [3.8, 4) is 0 Å². The smallest absolute Gasteiger partial charge is 0.182 e. The quantitative estimate of drug-likeness (QED) is 0.603. The van der Waals surface area contributed by atoms with E-state index in [2.05, 4.69) is 4.98 Å². The van der Waals surface area contributed by atoms with Crippen LogP contribution < -0.4 is 0 Å². The number of rotatable bonds is 0. The summed E-state index contributed by atoms with van der Waals surface area (Å²) in [7, 11) is 0. The molecule has 3 heteroatoms. The molecule has 0 bridgehead atoms. The van der Waals surface area contributed by atoms with Crippen molar-refractivity contribution in [1.29, 1.82) is 0 Å². The van der Waals surface area contributed by atoms with Crippen LogP contribution in [0, 0.1) is 6.92 Å². The van der Waals surface area contributed by atoms with Crippen LogP contribution in [0.1, 0.15) is 5.56 Å². The van der Waals surface area contributed by atoms with Crippen molar-refractivity contribution in [2.45, 2.75) is 6.92 Å². The van der Waals surface area contributed by atoms with Crippen molar-refractivity contribution in [2.24, 2.45) is 0 Å². The second-order valence-corrected chi connectivity index (χ2v) is 2.80. The highest BCUT2D eigenvalue weighted by Gasteiger charge is 2.04. The lowest BCUT2D eigenvalue weighted by Gasteiger charge is -1.93. The van der Waals surface area contributed by atoms with Crippen molar-refractivity contribution in [3.05, 3.63) is 29.1 Å². The highest BCUT2D eigenvalue weighted by atomic mass is 35.5. The predicted molar refractivity (Wildman–Crippen MR) is 43.8 cm³/mol. The van der Waals surface area contributed by atoms with E-state index in [0.29, 0.717) is 5.02 Å². The molecular weight excluding hydrogens is 162 g/mol. The molecule has 2 aromatic rings. The first-order valence-electron chi connectivity index (χ1n) is 3.27. The third-order valence-corrected chi connectivity index (χ3v) is 1.94. The molecule has 56 valence electrons. The molecule has 2 rings (SSSR count). The lowest BCUT2D eigenvalue weighted by atomic mass is 10.2. The molecule has 0 atom stereocenters. The van der Waals surface area contributed by atoms with Crippen molar-refractivity contribution in [1.82, 2.24) is 4.98 Å². The summed E-state index contributed by atoms with van der Waals surface area (Å²) >= 11 is 5.85. The van der Waals surface area contributed by atoms with Gasteiger partial charge in [0.25, 0.3) is 0 Å². The van der Waals surface area contributed by atoms with Crippen molar-refractivity contribution >= 4 is 22.7 Å². The largest absolute Gasteiger partial charge is 0.443 e. The Kier molecular flexibility index (Phi) is 1.36. The van der Waals surface area contributed by atoms with Gasteiger partial charge in [-0.1, -0.05) is 17.7 Å². The Balaban J connectivity index is 2.96. The number of benzene rings is 1. The van der Waals surface area contributed by atoms with Crippen LogP contribution in [0.15, 0.2) is 22.9 Å². The maximum Gasteiger partial charge on any atom is 0.182 e. The van der Waals surface area contributed by atoms with E-state index in [1.807, 2.05) is 19.1 Å². The molecule has 1 aromatic heterocycles. The molecule has 0 N–H and O–H groups in total. The van der Waals surface area contributed by atoms with Gasteiger partial charge in [-0.25, -0.2) is 4.98 Å². The molecule has 0 radical (unpaired) electrons. The van der Waals surface area contributed by atoms with E-state index >= 15 is 0 Å². The van der Waals surface area contributed by atoms with Gasteiger partial charge in [0.05, 0.1) is 5.02 Å². The van der Waals surface area contributed by atoms with Gasteiger partial charge in [0, 0.05) is 0 Å². The molecule has 0 aliphatic rings. The molecule has 0 aliphatic heterocycles. The van der Waals surface area contributed by atoms with Gasteiger partial charge in [0.15, 0.2) is 12.0 Å². The molecule has 11 heavy (non-hydrogen) atoms. The average Bonchev–Trinajstić information content (AvgIpc) is 2.45. The van der Waals surface area contributed by atoms with Gasteiger partial charge in [-0.15, -0.1) is 0 Å². The zero-order valence-electron chi connectivity index (χ0n) is 5.97. The minimum Gasteiger partial charge on any atom is -0.443 e. The van der Waals surface area contributed by atoms with Gasteiger partial charge in [-0.3, -0.25) is 0 Å². The first kappa shape index (κ1) is 6.68. The van der Waals surface area contributed by atoms with Crippen molar-refractivity contribution < 1.29 is 4.42 Å². The molecule has 0 saturated heterocycles. The van der Waals surface area contributed by atoms with E-state index in [-0.39, 0.29) is 0 Å². The number of nitrogens with zero attached hydrogens (tertiary/aromatic N) is 1. The number of hydrogen-bond acceptors (Lipinski definition) is 2. The van der Waals surface area contributed by atoms with Gasteiger partial charge in [0.2, 0.25) is 0 Å². The Morgan fingerprint density at radius 3 is 3.00 bits per heavy atom. The molecule has 1 heterocycles. The number of aryl methyl sites for hydroxylation is 1. The SMILES string of the molecule is Cc1ccc(Cl)c2ncoc12. The highest BCUT2D eigenvalue weighted by molar-refractivity contribution is 6.34. The summed E-state index contributed by atoms with van der Waals surface area (Å²) in [5, 5.41) is 0.638. The average molecular weight is 168 g/mol. The lowest BCUT2D eigenvalue weighted by molar-refractivity contribution is 0.600. The van der Waals surface area contributed by atoms with Gasteiger partial charge in [0.1, 0.15) is 5.52 Å². The van der Waals surface area contributed by atoms with E-state index in [4.69, 9.17) is 16.0 Å². The first-order valence-corrected chi connectivity index (χ1v) is 3.65. The molecule has 0 aliphatic carbocycles. The minimum atomic E-state index is 0.638. The normalized spacial score (nSPS) is 10.7. The Morgan fingerprint density at radius 2 is 2.27 bits per heavy atom. The summed E-state index contributed by atoms with van der Waals surface area (Å²) in [6, 6.07) is 3.73. The van der Waals surface area contributed by atoms with E-state index in [1.54, 1.807) is 0 Å². The van der Waals surface area contributed by atoms with Crippen LogP contribution in [-0.4, -0.2) is 4.98 Å². The molecule has 0 amide bonds. The van der Waals surface area contributed by atoms with Crippen LogP contribution in [0.2, 0.25) is 5.02 Å². The number of halogens is 1. The molecule has 0 fully saturated rings. The Labute approximate surface area is 68.8 Å². The zero-order valence-corrected chi connectivity index (χ0v) is 6.72. The highest BCUT2D eigenvalue weighted by Crippen LogP contribution is 2.24. The predicted octanol–water partition coefficient (Wildman–Crippen LogP) is 2.79. The number of aromatic nitrogens is 1. The first-order chi connectivity index (χ1) is 5.29. The molecule has 0 spiro atoms. The fraction of sp³-hybridized carbons (Fsp3) is 0.125. The van der Waals surface area contributed by atoms with Crippen LogP contribution in [0.4, 0.5) is 0 Å².